The predicted octanol–water partition coefficient (Wildman–Crippen LogP) is 3.88. The van der Waals surface area contributed by atoms with Crippen molar-refractivity contribution < 1.29 is 19.2 Å². The van der Waals surface area contributed by atoms with E-state index in [4.69, 9.17) is 21.1 Å². The number of rotatable bonds is 7. The maximum absolute atomic E-state index is 11.6. The largest absolute Gasteiger partial charge is 0.490 e. The molecule has 2 aromatic carbocycles. The molecule has 6 nitrogen and oxygen atoms in total. The minimum atomic E-state index is -0.525. The Hall–Kier alpha value is -2.86. The van der Waals surface area contributed by atoms with Gasteiger partial charge in [-0.2, -0.15) is 0 Å². The van der Waals surface area contributed by atoms with Crippen LogP contribution in [0.15, 0.2) is 54.6 Å². The molecule has 124 valence electrons. The van der Waals surface area contributed by atoms with Gasteiger partial charge in [-0.3, -0.25) is 10.1 Å². The highest BCUT2D eigenvalue weighted by molar-refractivity contribution is 6.30. The second-order valence-electron chi connectivity index (χ2n) is 4.66. The molecule has 0 heterocycles. The molecule has 0 aliphatic carbocycles. The summed E-state index contributed by atoms with van der Waals surface area (Å²) in [6.45, 7) is 0.299. The van der Waals surface area contributed by atoms with Crippen molar-refractivity contribution in [3.8, 4) is 5.75 Å². The summed E-state index contributed by atoms with van der Waals surface area (Å²) in [6, 6.07) is 12.7. The Bertz CT molecular complexity index is 743. The maximum Gasteiger partial charge on any atom is 0.330 e. The summed E-state index contributed by atoms with van der Waals surface area (Å²) < 4.78 is 10.4. The van der Waals surface area contributed by atoms with E-state index in [0.717, 1.165) is 0 Å². The van der Waals surface area contributed by atoms with Gasteiger partial charge in [0.1, 0.15) is 19.0 Å². The Kier molecular flexibility index (Phi) is 6.33. The van der Waals surface area contributed by atoms with Crippen LogP contribution in [0.3, 0.4) is 0 Å². The Morgan fingerprint density at radius 3 is 2.58 bits per heavy atom. The van der Waals surface area contributed by atoms with Crippen molar-refractivity contribution in [2.75, 3.05) is 13.2 Å². The molecule has 2 rings (SSSR count). The number of nitro benzene ring substituents is 1. The lowest BCUT2D eigenvalue weighted by molar-refractivity contribution is -0.384. The van der Waals surface area contributed by atoms with E-state index in [1.165, 1.54) is 24.3 Å². The Morgan fingerprint density at radius 2 is 1.92 bits per heavy atom. The first-order valence-electron chi connectivity index (χ1n) is 7.02. The van der Waals surface area contributed by atoms with E-state index in [0.29, 0.717) is 16.3 Å². The molecular formula is C17H14ClNO5. The number of nitro groups is 1. The number of carbonyl (C=O) groups excluding carboxylic acids is 1. The zero-order valence-corrected chi connectivity index (χ0v) is 13.3. The lowest BCUT2D eigenvalue weighted by Crippen LogP contribution is -2.10. The molecule has 0 N–H and O–H groups in total. The van der Waals surface area contributed by atoms with Crippen LogP contribution in [0.4, 0.5) is 5.69 Å². The Balaban J connectivity index is 1.73. The molecule has 0 aromatic heterocycles. The van der Waals surface area contributed by atoms with Crippen molar-refractivity contribution in [3.63, 3.8) is 0 Å². The lowest BCUT2D eigenvalue weighted by atomic mass is 10.2. The first-order chi connectivity index (χ1) is 11.5. The minimum Gasteiger partial charge on any atom is -0.490 e. The molecule has 7 heteroatoms. The average molecular weight is 348 g/mol. The Labute approximate surface area is 143 Å². The van der Waals surface area contributed by atoms with Gasteiger partial charge >= 0.3 is 5.97 Å². The van der Waals surface area contributed by atoms with E-state index >= 15 is 0 Å². The number of ether oxygens (including phenoxy) is 2. The van der Waals surface area contributed by atoms with E-state index in [2.05, 4.69) is 0 Å². The normalized spacial score (nSPS) is 10.5. The minimum absolute atomic E-state index is 0.00658. The van der Waals surface area contributed by atoms with Crippen LogP contribution in [0.25, 0.3) is 6.08 Å². The van der Waals surface area contributed by atoms with Crippen LogP contribution in [-0.4, -0.2) is 24.1 Å². The molecule has 24 heavy (non-hydrogen) atoms. The second-order valence-corrected chi connectivity index (χ2v) is 5.09. The van der Waals surface area contributed by atoms with Crippen LogP contribution in [0, 0.1) is 10.1 Å². The fraction of sp³-hybridized carbons (Fsp3) is 0.118. The molecule has 0 amide bonds. The van der Waals surface area contributed by atoms with Crippen LogP contribution in [-0.2, 0) is 9.53 Å². The van der Waals surface area contributed by atoms with Gasteiger partial charge in [-0.15, -0.1) is 0 Å². The molecule has 0 atom stereocenters. The number of hydrogen-bond donors (Lipinski definition) is 0. The summed E-state index contributed by atoms with van der Waals surface area (Å²) in [7, 11) is 0. The first-order valence-corrected chi connectivity index (χ1v) is 7.40. The van der Waals surface area contributed by atoms with E-state index in [1.807, 2.05) is 0 Å². The van der Waals surface area contributed by atoms with E-state index in [1.54, 1.807) is 36.4 Å². The first kappa shape index (κ1) is 17.5. The highest BCUT2D eigenvalue weighted by atomic mass is 35.5. The average Bonchev–Trinajstić information content (AvgIpc) is 2.57. The van der Waals surface area contributed by atoms with Gasteiger partial charge in [0, 0.05) is 23.2 Å². The second kappa shape index (κ2) is 8.69. The predicted molar refractivity (Wildman–Crippen MR) is 90.0 cm³/mol. The van der Waals surface area contributed by atoms with Crippen LogP contribution in [0.5, 0.6) is 5.75 Å². The fourth-order valence-electron chi connectivity index (χ4n) is 1.78. The van der Waals surface area contributed by atoms with Crippen molar-refractivity contribution in [1.29, 1.82) is 0 Å². The standard InChI is InChI=1S/C17H14ClNO5/c18-14-2-1-3-16(12-14)23-10-11-24-17(20)9-6-13-4-7-15(8-5-13)19(21)22/h1-9,12H,10-11H2. The summed E-state index contributed by atoms with van der Waals surface area (Å²) in [6.07, 6.45) is 2.77. The summed E-state index contributed by atoms with van der Waals surface area (Å²) in [5, 5.41) is 11.1. The van der Waals surface area contributed by atoms with Crippen molar-refractivity contribution in [3.05, 3.63) is 75.3 Å². The zero-order chi connectivity index (χ0) is 17.4. The highest BCUT2D eigenvalue weighted by Crippen LogP contribution is 2.17. The van der Waals surface area contributed by atoms with Gasteiger partial charge in [0.05, 0.1) is 4.92 Å². The van der Waals surface area contributed by atoms with Crippen molar-refractivity contribution in [2.45, 2.75) is 0 Å². The zero-order valence-electron chi connectivity index (χ0n) is 12.6. The summed E-state index contributed by atoms with van der Waals surface area (Å²) in [5.41, 5.74) is 0.653. The molecule has 0 aliphatic rings. The maximum atomic E-state index is 11.6. The molecule has 0 saturated heterocycles. The number of esters is 1. The molecule has 0 radical (unpaired) electrons. The number of non-ortho nitro benzene ring substituents is 1. The molecule has 0 bridgehead atoms. The molecule has 0 spiro atoms. The van der Waals surface area contributed by atoms with Gasteiger partial charge in [-0.25, -0.2) is 4.79 Å². The molecular weight excluding hydrogens is 334 g/mol. The number of benzene rings is 2. The molecule has 0 saturated carbocycles. The SMILES string of the molecule is O=C(C=Cc1ccc([N+](=O)[O-])cc1)OCCOc1cccc(Cl)c1. The highest BCUT2D eigenvalue weighted by Gasteiger charge is 2.03. The molecule has 0 unspecified atom stereocenters. The van der Waals surface area contributed by atoms with Crippen molar-refractivity contribution in [2.24, 2.45) is 0 Å². The number of hydrogen-bond acceptors (Lipinski definition) is 5. The third-order valence-electron chi connectivity index (χ3n) is 2.91. The number of halogens is 1. The Morgan fingerprint density at radius 1 is 1.17 bits per heavy atom. The van der Waals surface area contributed by atoms with Crippen LogP contribution >= 0.6 is 11.6 Å². The monoisotopic (exact) mass is 347 g/mol. The summed E-state index contributed by atoms with van der Waals surface area (Å²) >= 11 is 5.82. The van der Waals surface area contributed by atoms with Gasteiger partial charge in [0.2, 0.25) is 0 Å². The van der Waals surface area contributed by atoms with E-state index in [-0.39, 0.29) is 18.9 Å². The van der Waals surface area contributed by atoms with Gasteiger partial charge in [-0.05, 0) is 42.0 Å². The fourth-order valence-corrected chi connectivity index (χ4v) is 1.96. The van der Waals surface area contributed by atoms with Gasteiger partial charge < -0.3 is 9.47 Å². The summed E-state index contributed by atoms with van der Waals surface area (Å²) in [4.78, 5) is 21.6. The van der Waals surface area contributed by atoms with Gasteiger partial charge in [-0.1, -0.05) is 17.7 Å². The third kappa shape index (κ3) is 5.73. The molecule has 2 aromatic rings. The summed E-state index contributed by atoms with van der Waals surface area (Å²) in [5.74, 6) is 0.0722. The van der Waals surface area contributed by atoms with Crippen molar-refractivity contribution >= 4 is 29.3 Å². The smallest absolute Gasteiger partial charge is 0.330 e. The quantitative estimate of drug-likeness (QED) is 0.250. The lowest BCUT2D eigenvalue weighted by Gasteiger charge is -2.06. The topological polar surface area (TPSA) is 78.7 Å². The molecule has 0 aliphatic heterocycles. The van der Waals surface area contributed by atoms with Crippen LogP contribution < -0.4 is 4.74 Å². The van der Waals surface area contributed by atoms with E-state index in [9.17, 15) is 14.9 Å². The van der Waals surface area contributed by atoms with Crippen LogP contribution in [0.1, 0.15) is 5.56 Å². The van der Waals surface area contributed by atoms with E-state index < -0.39 is 10.9 Å². The van der Waals surface area contributed by atoms with Gasteiger partial charge in [0.25, 0.3) is 5.69 Å². The molecule has 0 fully saturated rings. The van der Waals surface area contributed by atoms with Crippen molar-refractivity contribution in [1.82, 2.24) is 0 Å². The number of nitrogens with zero attached hydrogens (tertiary/aromatic N) is 1. The van der Waals surface area contributed by atoms with Crippen LogP contribution in [0.2, 0.25) is 5.02 Å². The third-order valence-corrected chi connectivity index (χ3v) is 3.14. The number of carbonyl (C=O) groups is 1. The van der Waals surface area contributed by atoms with Gasteiger partial charge in [0.15, 0.2) is 0 Å².